The van der Waals surface area contributed by atoms with E-state index in [1.807, 2.05) is 78.9 Å². The molecule has 7 aromatic carbocycles. The van der Waals surface area contributed by atoms with Crippen LogP contribution in [0.4, 0.5) is 0 Å². The minimum absolute atomic E-state index is 0.0321. The number of ether oxygens (including phenoxy) is 5. The van der Waals surface area contributed by atoms with E-state index in [2.05, 4.69) is 98.0 Å². The summed E-state index contributed by atoms with van der Waals surface area (Å²) in [5.74, 6) is 1.35. The molecule has 0 aliphatic carbocycles. The van der Waals surface area contributed by atoms with E-state index in [9.17, 15) is 14.9 Å². The zero-order chi connectivity index (χ0) is 48.9. The average molecular weight is 961 g/mol. The molecule has 1 saturated heterocycles. The van der Waals surface area contributed by atoms with Crippen molar-refractivity contribution in [2.24, 2.45) is 0 Å². The van der Waals surface area contributed by atoms with Gasteiger partial charge in [0, 0.05) is 24.3 Å². The van der Waals surface area contributed by atoms with Gasteiger partial charge in [0.1, 0.15) is 35.4 Å². The van der Waals surface area contributed by atoms with Crippen molar-refractivity contribution in [1.82, 2.24) is 14.2 Å². The van der Waals surface area contributed by atoms with Crippen molar-refractivity contribution in [3.63, 3.8) is 0 Å². The lowest BCUT2D eigenvalue weighted by Gasteiger charge is -2.39. The van der Waals surface area contributed by atoms with E-state index in [1.165, 1.54) is 22.2 Å². The van der Waals surface area contributed by atoms with Crippen LogP contribution in [0.25, 0.3) is 32.3 Å². The predicted molar refractivity (Wildman–Crippen MR) is 272 cm³/mol. The summed E-state index contributed by atoms with van der Waals surface area (Å²) < 4.78 is 50.2. The molecule has 1 aliphatic heterocycles. The highest BCUT2D eigenvalue weighted by atomic mass is 31.2. The van der Waals surface area contributed by atoms with Gasteiger partial charge in [-0.25, -0.2) is 9.46 Å². The van der Waals surface area contributed by atoms with Crippen molar-refractivity contribution in [3.8, 4) is 17.6 Å². The van der Waals surface area contributed by atoms with E-state index in [1.54, 1.807) is 14.2 Å². The van der Waals surface area contributed by atoms with Crippen molar-refractivity contribution < 1.29 is 32.7 Å². The molecule has 1 fully saturated rings. The Balaban J connectivity index is 1.19. The zero-order valence-corrected chi connectivity index (χ0v) is 41.0. The van der Waals surface area contributed by atoms with Crippen LogP contribution in [0.2, 0.25) is 0 Å². The Kier molecular flexibility index (Phi) is 14.8. The highest BCUT2D eigenvalue weighted by Gasteiger charge is 2.51. The van der Waals surface area contributed by atoms with E-state index >= 15 is 0 Å². The van der Waals surface area contributed by atoms with Crippen LogP contribution >= 0.6 is 8.53 Å². The van der Waals surface area contributed by atoms with Gasteiger partial charge in [0.25, 0.3) is 14.1 Å². The van der Waals surface area contributed by atoms with Crippen LogP contribution in [-0.2, 0) is 35.5 Å². The number of H-pyrrole nitrogens is 1. The van der Waals surface area contributed by atoms with Crippen LogP contribution in [0.3, 0.4) is 0 Å². The molecular weight excluding hydrogens is 904 g/mol. The summed E-state index contributed by atoms with van der Waals surface area (Å²) in [5.41, 5.74) is 0.911. The summed E-state index contributed by atoms with van der Waals surface area (Å²) in [6.07, 6.45) is -2.39. The number of aromatic amines is 1. The average Bonchev–Trinajstić information content (AvgIpc) is 3.71. The quantitative estimate of drug-likeness (QED) is 0.0337. The van der Waals surface area contributed by atoms with Crippen molar-refractivity contribution in [3.05, 3.63) is 189 Å². The Morgan fingerprint density at radius 3 is 1.93 bits per heavy atom. The molecule has 1 N–H and O–H groups in total. The Labute approximate surface area is 408 Å². The van der Waals surface area contributed by atoms with Gasteiger partial charge in [-0.15, -0.1) is 0 Å². The SMILES string of the molecule is COc1ccc(C(OC[C@H]2O[C@@H](n3ccc(=O)[nH]c3=O)[C@H](OCc3ccc4ccc5cccc6ccc3c4c56)[C@@H]2OP(OCCC#N)N(C(C)C)C(C)C)(c2ccccc2)c2ccc(OC)cc2)cc1. The molecule has 5 atom stereocenters. The van der Waals surface area contributed by atoms with Crippen LogP contribution in [0, 0.1) is 11.3 Å². The van der Waals surface area contributed by atoms with Gasteiger partial charge in [-0.3, -0.25) is 14.3 Å². The molecule has 2 heterocycles. The number of nitriles is 1. The molecule has 0 radical (unpaired) electrons. The molecule has 13 nitrogen and oxygen atoms in total. The highest BCUT2D eigenvalue weighted by Crippen LogP contribution is 2.51. The first-order chi connectivity index (χ1) is 34.0. The fourth-order valence-electron chi connectivity index (χ4n) is 9.79. The maximum atomic E-state index is 13.9. The summed E-state index contributed by atoms with van der Waals surface area (Å²) in [6.45, 7) is 8.43. The van der Waals surface area contributed by atoms with Gasteiger partial charge < -0.3 is 32.7 Å². The molecular formula is C56H57N4O9P. The number of hydrogen-bond donors (Lipinski definition) is 1. The third kappa shape index (κ3) is 9.57. The topological polar surface area (TPSA) is 147 Å². The number of rotatable bonds is 20. The van der Waals surface area contributed by atoms with Gasteiger partial charge >= 0.3 is 5.69 Å². The maximum absolute atomic E-state index is 13.9. The highest BCUT2D eigenvalue weighted by molar-refractivity contribution is 7.44. The summed E-state index contributed by atoms with van der Waals surface area (Å²) in [4.78, 5) is 28.9. The van der Waals surface area contributed by atoms with Crippen LogP contribution < -0.4 is 20.7 Å². The first-order valence-corrected chi connectivity index (χ1v) is 24.6. The third-order valence-corrected chi connectivity index (χ3v) is 15.1. The smallest absolute Gasteiger partial charge is 0.330 e. The number of aromatic nitrogens is 2. The van der Waals surface area contributed by atoms with Crippen LogP contribution in [0.5, 0.6) is 11.5 Å². The van der Waals surface area contributed by atoms with Gasteiger partial charge in [-0.2, -0.15) is 5.26 Å². The molecule has 0 amide bonds. The predicted octanol–water partition coefficient (Wildman–Crippen LogP) is 10.6. The second-order valence-electron chi connectivity index (χ2n) is 17.9. The molecule has 360 valence electrons. The Morgan fingerprint density at radius 1 is 0.729 bits per heavy atom. The molecule has 1 aliphatic rings. The van der Waals surface area contributed by atoms with Crippen LogP contribution in [-0.4, -0.2) is 72.1 Å². The number of hydrogen-bond acceptors (Lipinski definition) is 11. The first-order valence-electron chi connectivity index (χ1n) is 23.5. The van der Waals surface area contributed by atoms with E-state index in [0.29, 0.717) is 11.5 Å². The van der Waals surface area contributed by atoms with Crippen molar-refractivity contribution >= 4 is 40.8 Å². The van der Waals surface area contributed by atoms with Crippen molar-refractivity contribution in [1.29, 1.82) is 5.26 Å². The minimum Gasteiger partial charge on any atom is -0.497 e. The van der Waals surface area contributed by atoms with Gasteiger partial charge in [0.05, 0.1) is 46.5 Å². The Morgan fingerprint density at radius 2 is 1.33 bits per heavy atom. The summed E-state index contributed by atoms with van der Waals surface area (Å²) in [5, 5.41) is 16.4. The molecule has 9 rings (SSSR count). The van der Waals surface area contributed by atoms with Crippen molar-refractivity contribution in [2.75, 3.05) is 27.4 Å². The monoisotopic (exact) mass is 960 g/mol. The minimum atomic E-state index is -1.89. The van der Waals surface area contributed by atoms with Gasteiger partial charge in [-0.05, 0) is 107 Å². The number of nitrogens with zero attached hydrogens (tertiary/aromatic N) is 3. The first kappa shape index (κ1) is 48.6. The molecule has 0 bridgehead atoms. The van der Waals surface area contributed by atoms with Gasteiger partial charge in [0.15, 0.2) is 6.23 Å². The lowest BCUT2D eigenvalue weighted by molar-refractivity contribution is -0.0987. The maximum Gasteiger partial charge on any atom is 0.330 e. The van der Waals surface area contributed by atoms with E-state index < -0.39 is 49.9 Å². The van der Waals surface area contributed by atoms with E-state index in [4.69, 9.17) is 32.7 Å². The van der Waals surface area contributed by atoms with Gasteiger partial charge in [-0.1, -0.05) is 109 Å². The lowest BCUT2D eigenvalue weighted by atomic mass is 9.80. The standard InChI is InChI=1S/C56H57N4O9P/c1-36(2)60(37(3)4)70(67-33-11-31-57)69-52-48(35-66-56(42-14-8-7-9-15-42,43-21-25-45(63-5)26-22-43)44-23-27-46(64-6)28-24-44)68-54(59-32-30-49(61)58-55(59)62)53(52)65-34-41-19-18-40-17-16-38-12-10-13-39-20-29-47(41)51(40)50(38)39/h7-10,12-30,32,36-37,48,52-54H,11,33-35H2,1-6H3,(H,58,61,62)/t48-,52-,53-,54-,70?/m1/s1. The molecule has 0 spiro atoms. The molecule has 14 heteroatoms. The fourth-order valence-corrected chi connectivity index (χ4v) is 11.6. The Bertz CT molecular complexity index is 3120. The summed E-state index contributed by atoms with van der Waals surface area (Å²) >= 11 is 0. The second-order valence-corrected chi connectivity index (χ2v) is 19.3. The molecule has 0 saturated carbocycles. The lowest BCUT2D eigenvalue weighted by Crippen LogP contribution is -2.43. The van der Waals surface area contributed by atoms with E-state index in [0.717, 1.165) is 49.2 Å². The number of nitrogens with one attached hydrogen (secondary N) is 1. The molecule has 1 aromatic heterocycles. The van der Waals surface area contributed by atoms with E-state index in [-0.39, 0.29) is 38.3 Å². The normalized spacial score (nSPS) is 17.8. The van der Waals surface area contributed by atoms with Crippen LogP contribution in [0.15, 0.2) is 155 Å². The molecule has 70 heavy (non-hydrogen) atoms. The van der Waals surface area contributed by atoms with Gasteiger partial charge in [0.2, 0.25) is 0 Å². The summed E-state index contributed by atoms with van der Waals surface area (Å²) in [7, 11) is 1.37. The second kappa shape index (κ2) is 21.3. The van der Waals surface area contributed by atoms with Crippen LogP contribution in [0.1, 0.15) is 62.6 Å². The Hall–Kier alpha value is -6.46. The number of benzene rings is 7. The zero-order valence-electron chi connectivity index (χ0n) is 40.1. The largest absolute Gasteiger partial charge is 0.497 e. The van der Waals surface area contributed by atoms with Crippen molar-refractivity contribution in [2.45, 2.75) is 82.9 Å². The number of methoxy groups -OCH3 is 2. The molecule has 1 unspecified atom stereocenters. The summed E-state index contributed by atoms with van der Waals surface area (Å²) in [6, 6.07) is 48.0. The molecule has 8 aromatic rings. The third-order valence-electron chi connectivity index (χ3n) is 13.0. The fraction of sp³-hybridized carbons (Fsp3) is 0.304.